The Hall–Kier alpha value is -1.87. The smallest absolute Gasteiger partial charge is 0.260 e. The summed E-state index contributed by atoms with van der Waals surface area (Å²) in [6, 6.07) is 0. The van der Waals surface area contributed by atoms with Crippen LogP contribution in [0.1, 0.15) is 37.1 Å². The lowest BCUT2D eigenvalue weighted by molar-refractivity contribution is -0.124. The number of nitrogens with one attached hydrogen (secondary N) is 3. The highest BCUT2D eigenvalue weighted by molar-refractivity contribution is 7.99. The summed E-state index contributed by atoms with van der Waals surface area (Å²) < 4.78 is 0. The number of rotatable bonds is 7. The van der Waals surface area contributed by atoms with E-state index >= 15 is 0 Å². The number of aryl methyl sites for hydroxylation is 1. The molecule has 0 fully saturated rings. The van der Waals surface area contributed by atoms with Gasteiger partial charge in [0.25, 0.3) is 5.56 Å². The van der Waals surface area contributed by atoms with Crippen LogP contribution in [0.15, 0.2) is 9.95 Å². The quantitative estimate of drug-likeness (QED) is 0.479. The summed E-state index contributed by atoms with van der Waals surface area (Å²) in [6.07, 6.45) is 3.87. The summed E-state index contributed by atoms with van der Waals surface area (Å²) >= 11 is 2.76. The first-order valence-electron chi connectivity index (χ1n) is 9.18. The Balaban J connectivity index is 1.62. The SMILES string of the molecule is CCCNC(=O)CNC(=O)CSc1nc2sc3c(c2c(=O)[nH]1)CC[C@H](C)C3. The molecule has 1 aliphatic rings. The molecule has 2 amide bonds. The van der Waals surface area contributed by atoms with E-state index in [1.54, 1.807) is 11.3 Å². The van der Waals surface area contributed by atoms with Crippen LogP contribution in [0.5, 0.6) is 0 Å². The van der Waals surface area contributed by atoms with Crippen LogP contribution in [0.25, 0.3) is 10.2 Å². The molecule has 1 atom stereocenters. The highest BCUT2D eigenvalue weighted by atomic mass is 32.2. The molecule has 0 aromatic carbocycles. The molecule has 0 saturated carbocycles. The number of hydrogen-bond donors (Lipinski definition) is 3. The molecule has 2 heterocycles. The maximum atomic E-state index is 12.5. The minimum Gasteiger partial charge on any atom is -0.355 e. The first kappa shape index (κ1) is 19.9. The van der Waals surface area contributed by atoms with Crippen molar-refractivity contribution in [2.75, 3.05) is 18.8 Å². The minimum absolute atomic E-state index is 0.0434. The number of nitrogens with zero attached hydrogens (tertiary/aromatic N) is 1. The van der Waals surface area contributed by atoms with Crippen molar-refractivity contribution in [1.29, 1.82) is 0 Å². The second-order valence-corrected chi connectivity index (χ2v) is 8.87. The standard InChI is InChI=1S/C18H24N4O3S2/c1-3-6-19-13(23)8-20-14(24)9-26-18-21-16(25)15-11-5-4-10(2)7-12(11)27-17(15)22-18/h10H,3-9H2,1-2H3,(H,19,23)(H,20,24)(H,21,22,25)/t10-/m0/s1. The van der Waals surface area contributed by atoms with Gasteiger partial charge in [-0.05, 0) is 37.2 Å². The van der Waals surface area contributed by atoms with Crippen molar-refractivity contribution < 1.29 is 9.59 Å². The van der Waals surface area contributed by atoms with Crippen LogP contribution < -0.4 is 16.2 Å². The minimum atomic E-state index is -0.270. The molecule has 9 heteroatoms. The third-order valence-electron chi connectivity index (χ3n) is 4.50. The van der Waals surface area contributed by atoms with Gasteiger partial charge in [-0.2, -0.15) is 0 Å². The summed E-state index contributed by atoms with van der Waals surface area (Å²) in [6.45, 7) is 4.74. The highest BCUT2D eigenvalue weighted by Crippen LogP contribution is 2.36. The van der Waals surface area contributed by atoms with E-state index in [4.69, 9.17) is 0 Å². The normalized spacial score (nSPS) is 16.1. The molecule has 1 aliphatic carbocycles. The zero-order valence-corrected chi connectivity index (χ0v) is 17.1. The summed E-state index contributed by atoms with van der Waals surface area (Å²) in [5.41, 5.74) is 1.02. The van der Waals surface area contributed by atoms with Crippen LogP contribution in [0, 0.1) is 5.92 Å². The molecule has 3 rings (SSSR count). The Morgan fingerprint density at radius 3 is 2.93 bits per heavy atom. The first-order chi connectivity index (χ1) is 13.0. The number of fused-ring (bicyclic) bond motifs is 3. The Morgan fingerprint density at radius 1 is 1.33 bits per heavy atom. The summed E-state index contributed by atoms with van der Waals surface area (Å²) in [4.78, 5) is 45.3. The zero-order valence-electron chi connectivity index (χ0n) is 15.5. The molecule has 27 heavy (non-hydrogen) atoms. The van der Waals surface area contributed by atoms with E-state index in [1.165, 1.54) is 16.6 Å². The van der Waals surface area contributed by atoms with Gasteiger partial charge in [0, 0.05) is 11.4 Å². The number of thioether (sulfide) groups is 1. The lowest BCUT2D eigenvalue weighted by atomic mass is 9.89. The maximum absolute atomic E-state index is 12.5. The lowest BCUT2D eigenvalue weighted by Gasteiger charge is -2.17. The van der Waals surface area contributed by atoms with Gasteiger partial charge in [0.2, 0.25) is 11.8 Å². The van der Waals surface area contributed by atoms with E-state index in [1.807, 2.05) is 6.92 Å². The molecule has 7 nitrogen and oxygen atoms in total. The number of H-pyrrole nitrogens is 1. The van der Waals surface area contributed by atoms with Crippen molar-refractivity contribution >= 4 is 45.1 Å². The fourth-order valence-electron chi connectivity index (χ4n) is 3.09. The van der Waals surface area contributed by atoms with E-state index < -0.39 is 0 Å². The monoisotopic (exact) mass is 408 g/mol. The predicted octanol–water partition coefficient (Wildman–Crippen LogP) is 1.84. The van der Waals surface area contributed by atoms with Gasteiger partial charge in [-0.3, -0.25) is 14.4 Å². The van der Waals surface area contributed by atoms with Crippen molar-refractivity contribution in [3.63, 3.8) is 0 Å². The van der Waals surface area contributed by atoms with Crippen LogP contribution in [-0.4, -0.2) is 40.6 Å². The maximum Gasteiger partial charge on any atom is 0.260 e. The van der Waals surface area contributed by atoms with Crippen molar-refractivity contribution in [3.8, 4) is 0 Å². The number of carbonyl (C=O) groups excluding carboxylic acids is 2. The molecule has 146 valence electrons. The van der Waals surface area contributed by atoms with Crippen LogP contribution in [0.3, 0.4) is 0 Å². The highest BCUT2D eigenvalue weighted by Gasteiger charge is 2.23. The predicted molar refractivity (Wildman–Crippen MR) is 108 cm³/mol. The molecule has 0 spiro atoms. The zero-order chi connectivity index (χ0) is 19.4. The van der Waals surface area contributed by atoms with Crippen molar-refractivity contribution in [3.05, 3.63) is 20.8 Å². The summed E-state index contributed by atoms with van der Waals surface area (Å²) in [7, 11) is 0. The van der Waals surface area contributed by atoms with Crippen LogP contribution in [-0.2, 0) is 22.4 Å². The van der Waals surface area contributed by atoms with Gasteiger partial charge >= 0.3 is 0 Å². The summed E-state index contributed by atoms with van der Waals surface area (Å²) in [5.74, 6) is 0.254. The molecular weight excluding hydrogens is 384 g/mol. The fourth-order valence-corrected chi connectivity index (χ4v) is 5.22. The van der Waals surface area contributed by atoms with Crippen LogP contribution >= 0.6 is 23.1 Å². The van der Waals surface area contributed by atoms with Gasteiger partial charge in [-0.25, -0.2) is 4.98 Å². The number of thiophene rings is 1. The Kier molecular flexibility index (Phi) is 6.54. The number of aromatic nitrogens is 2. The largest absolute Gasteiger partial charge is 0.355 e. The Bertz CT molecular complexity index is 906. The second-order valence-electron chi connectivity index (χ2n) is 6.82. The second kappa shape index (κ2) is 8.88. The molecule has 0 saturated heterocycles. The van der Waals surface area contributed by atoms with Gasteiger partial charge < -0.3 is 15.6 Å². The van der Waals surface area contributed by atoms with Crippen molar-refractivity contribution in [2.45, 2.75) is 44.7 Å². The third-order valence-corrected chi connectivity index (χ3v) is 6.52. The van der Waals surface area contributed by atoms with E-state index in [9.17, 15) is 14.4 Å². The average Bonchev–Trinajstić information content (AvgIpc) is 3.00. The van der Waals surface area contributed by atoms with E-state index in [0.717, 1.165) is 36.1 Å². The lowest BCUT2D eigenvalue weighted by Crippen LogP contribution is -2.37. The van der Waals surface area contributed by atoms with E-state index in [2.05, 4.69) is 27.5 Å². The van der Waals surface area contributed by atoms with Gasteiger partial charge in [-0.1, -0.05) is 25.6 Å². The molecule has 2 aromatic heterocycles. The molecule has 0 radical (unpaired) electrons. The number of amides is 2. The van der Waals surface area contributed by atoms with Crippen molar-refractivity contribution in [2.24, 2.45) is 5.92 Å². The van der Waals surface area contributed by atoms with Gasteiger partial charge in [0.05, 0.1) is 17.7 Å². The van der Waals surface area contributed by atoms with Crippen LogP contribution in [0.2, 0.25) is 0 Å². The average molecular weight is 409 g/mol. The molecule has 0 aliphatic heterocycles. The van der Waals surface area contributed by atoms with E-state index in [-0.39, 0.29) is 29.7 Å². The fraction of sp³-hybridized carbons (Fsp3) is 0.556. The molecule has 0 bridgehead atoms. The molecular formula is C18H24N4O3S2. The molecule has 3 N–H and O–H groups in total. The Morgan fingerprint density at radius 2 is 2.15 bits per heavy atom. The van der Waals surface area contributed by atoms with Gasteiger partial charge in [0.1, 0.15) is 4.83 Å². The van der Waals surface area contributed by atoms with Gasteiger partial charge in [0.15, 0.2) is 5.16 Å². The third kappa shape index (κ3) is 4.90. The topological polar surface area (TPSA) is 104 Å². The number of hydrogen-bond acceptors (Lipinski definition) is 6. The van der Waals surface area contributed by atoms with E-state index in [0.29, 0.717) is 23.0 Å². The first-order valence-corrected chi connectivity index (χ1v) is 11.0. The Labute approximate surface area is 165 Å². The van der Waals surface area contributed by atoms with Crippen LogP contribution in [0.4, 0.5) is 0 Å². The molecule has 0 unspecified atom stereocenters. The van der Waals surface area contributed by atoms with Crippen molar-refractivity contribution in [1.82, 2.24) is 20.6 Å². The molecule has 2 aromatic rings. The van der Waals surface area contributed by atoms with Gasteiger partial charge in [-0.15, -0.1) is 11.3 Å². The number of aromatic amines is 1. The summed E-state index contributed by atoms with van der Waals surface area (Å²) in [5, 5.41) is 6.41. The number of carbonyl (C=O) groups is 2.